The maximum atomic E-state index is 6.26. The van der Waals surface area contributed by atoms with Crippen molar-refractivity contribution in [3.05, 3.63) is 64.7 Å². The third-order valence-corrected chi connectivity index (χ3v) is 4.39. The fraction of sp³-hybridized carbons (Fsp3) is 0.0625. The highest BCUT2D eigenvalue weighted by molar-refractivity contribution is 6.35. The third kappa shape index (κ3) is 2.58. The maximum Gasteiger partial charge on any atom is 0.164 e. The van der Waals surface area contributed by atoms with Crippen molar-refractivity contribution in [3.8, 4) is 11.4 Å². The molecule has 7 heteroatoms. The van der Waals surface area contributed by atoms with Gasteiger partial charge in [0.15, 0.2) is 5.82 Å². The minimum Gasteiger partial charge on any atom is -0.345 e. The number of halogens is 2. The fourth-order valence-electron chi connectivity index (χ4n) is 2.52. The van der Waals surface area contributed by atoms with Gasteiger partial charge in [0.05, 0.1) is 23.9 Å². The molecule has 114 valence electrons. The number of aromatic amines is 1. The van der Waals surface area contributed by atoms with Crippen molar-refractivity contribution in [2.24, 2.45) is 0 Å². The van der Waals surface area contributed by atoms with E-state index >= 15 is 0 Å². The molecule has 0 saturated carbocycles. The summed E-state index contributed by atoms with van der Waals surface area (Å²) in [6, 6.07) is 11.4. The molecule has 2 aromatic heterocycles. The van der Waals surface area contributed by atoms with Crippen LogP contribution in [0.2, 0.25) is 10.0 Å². The van der Waals surface area contributed by atoms with Crippen LogP contribution in [0.1, 0.15) is 5.56 Å². The number of imidazole rings is 1. The normalized spacial score (nSPS) is 11.2. The molecular weight excluding hydrogens is 333 g/mol. The summed E-state index contributed by atoms with van der Waals surface area (Å²) in [4.78, 5) is 7.35. The first-order valence-electron chi connectivity index (χ1n) is 6.96. The average molecular weight is 344 g/mol. The molecule has 0 aliphatic carbocycles. The molecule has 2 aromatic carbocycles. The van der Waals surface area contributed by atoms with Gasteiger partial charge < -0.3 is 9.55 Å². The second-order valence-corrected chi connectivity index (χ2v) is 5.93. The fourth-order valence-corrected chi connectivity index (χ4v) is 3.04. The summed E-state index contributed by atoms with van der Waals surface area (Å²) in [6.07, 6.45) is 3.34. The van der Waals surface area contributed by atoms with Crippen molar-refractivity contribution < 1.29 is 0 Å². The van der Waals surface area contributed by atoms with Crippen LogP contribution in [0.4, 0.5) is 0 Å². The Labute approximate surface area is 141 Å². The minimum atomic E-state index is 0.499. The molecule has 0 spiro atoms. The van der Waals surface area contributed by atoms with Gasteiger partial charge in [0.1, 0.15) is 6.33 Å². The second-order valence-electron chi connectivity index (χ2n) is 5.12. The van der Waals surface area contributed by atoms with E-state index in [-0.39, 0.29) is 0 Å². The number of aromatic nitrogens is 5. The Morgan fingerprint density at radius 2 is 1.91 bits per heavy atom. The number of hydrogen-bond acceptors (Lipinski definition) is 3. The highest BCUT2D eigenvalue weighted by atomic mass is 35.5. The SMILES string of the molecule is Clc1cccc(Cl)c1Cn1cnnc1-c1ccc2[nH]cnc2c1. The molecule has 0 bridgehead atoms. The number of benzene rings is 2. The van der Waals surface area contributed by atoms with Gasteiger partial charge in [-0.25, -0.2) is 4.98 Å². The molecule has 4 rings (SSSR count). The lowest BCUT2D eigenvalue weighted by Crippen LogP contribution is -2.02. The van der Waals surface area contributed by atoms with E-state index in [1.54, 1.807) is 12.7 Å². The maximum absolute atomic E-state index is 6.26. The van der Waals surface area contributed by atoms with Gasteiger partial charge in [0.2, 0.25) is 0 Å². The summed E-state index contributed by atoms with van der Waals surface area (Å²) in [5, 5.41) is 9.49. The van der Waals surface area contributed by atoms with Gasteiger partial charge in [-0.05, 0) is 30.3 Å². The molecule has 0 saturated heterocycles. The van der Waals surface area contributed by atoms with Gasteiger partial charge in [0, 0.05) is 21.2 Å². The van der Waals surface area contributed by atoms with Crippen LogP contribution in [0.25, 0.3) is 22.4 Å². The lowest BCUT2D eigenvalue weighted by molar-refractivity contribution is 0.803. The van der Waals surface area contributed by atoms with Crippen LogP contribution >= 0.6 is 23.2 Å². The highest BCUT2D eigenvalue weighted by Crippen LogP contribution is 2.27. The van der Waals surface area contributed by atoms with E-state index in [0.717, 1.165) is 28.0 Å². The number of nitrogens with one attached hydrogen (secondary N) is 1. The van der Waals surface area contributed by atoms with Crippen molar-refractivity contribution in [3.63, 3.8) is 0 Å². The van der Waals surface area contributed by atoms with Crippen molar-refractivity contribution in [1.82, 2.24) is 24.7 Å². The van der Waals surface area contributed by atoms with E-state index in [4.69, 9.17) is 23.2 Å². The molecule has 0 amide bonds. The molecule has 0 aliphatic rings. The summed E-state index contributed by atoms with van der Waals surface area (Å²) >= 11 is 12.5. The summed E-state index contributed by atoms with van der Waals surface area (Å²) in [7, 11) is 0. The Morgan fingerprint density at radius 3 is 2.74 bits per heavy atom. The van der Waals surface area contributed by atoms with Gasteiger partial charge in [-0.1, -0.05) is 29.3 Å². The Kier molecular flexibility index (Phi) is 3.52. The topological polar surface area (TPSA) is 59.4 Å². The van der Waals surface area contributed by atoms with Crippen molar-refractivity contribution >= 4 is 34.2 Å². The first-order valence-corrected chi connectivity index (χ1v) is 7.72. The number of rotatable bonds is 3. The molecule has 0 unspecified atom stereocenters. The van der Waals surface area contributed by atoms with Crippen molar-refractivity contribution in [2.75, 3.05) is 0 Å². The molecule has 0 radical (unpaired) electrons. The second kappa shape index (κ2) is 5.68. The van der Waals surface area contributed by atoms with Gasteiger partial charge >= 0.3 is 0 Å². The van der Waals surface area contributed by atoms with E-state index in [9.17, 15) is 0 Å². The van der Waals surface area contributed by atoms with Crippen molar-refractivity contribution in [2.45, 2.75) is 6.54 Å². The summed E-state index contributed by atoms with van der Waals surface area (Å²) < 4.78 is 1.92. The van der Waals surface area contributed by atoms with Gasteiger partial charge in [-0.2, -0.15) is 0 Å². The quantitative estimate of drug-likeness (QED) is 0.607. The number of H-pyrrole nitrogens is 1. The number of nitrogens with zero attached hydrogens (tertiary/aromatic N) is 4. The Bertz CT molecular complexity index is 969. The van der Waals surface area contributed by atoms with Gasteiger partial charge in [-0.3, -0.25) is 0 Å². The third-order valence-electron chi connectivity index (χ3n) is 3.69. The zero-order chi connectivity index (χ0) is 15.8. The van der Waals surface area contributed by atoms with Crippen LogP contribution in [0.3, 0.4) is 0 Å². The van der Waals surface area contributed by atoms with Gasteiger partial charge in [0.25, 0.3) is 0 Å². The Morgan fingerprint density at radius 1 is 1.09 bits per heavy atom. The minimum absolute atomic E-state index is 0.499. The van der Waals surface area contributed by atoms with Gasteiger partial charge in [-0.15, -0.1) is 10.2 Å². The first kappa shape index (κ1) is 14.2. The zero-order valence-electron chi connectivity index (χ0n) is 11.9. The zero-order valence-corrected chi connectivity index (χ0v) is 13.4. The predicted octanol–water partition coefficient (Wildman–Crippen LogP) is 4.18. The molecule has 5 nitrogen and oxygen atoms in total. The summed E-state index contributed by atoms with van der Waals surface area (Å²) in [6.45, 7) is 0.499. The molecule has 1 N–H and O–H groups in total. The molecule has 0 atom stereocenters. The molecule has 4 aromatic rings. The smallest absolute Gasteiger partial charge is 0.164 e. The van der Waals surface area contributed by atoms with E-state index < -0.39 is 0 Å². The van der Waals surface area contributed by atoms with Crippen molar-refractivity contribution in [1.29, 1.82) is 0 Å². The number of fused-ring (bicyclic) bond motifs is 1. The molecule has 0 aliphatic heterocycles. The average Bonchev–Trinajstić information content (AvgIpc) is 3.19. The van der Waals surface area contributed by atoms with Crippen LogP contribution < -0.4 is 0 Å². The molecule has 0 fully saturated rings. The highest BCUT2D eigenvalue weighted by Gasteiger charge is 2.12. The monoisotopic (exact) mass is 343 g/mol. The molecular formula is C16H11Cl2N5. The summed E-state index contributed by atoms with van der Waals surface area (Å²) in [5.41, 5.74) is 3.64. The molecule has 2 heterocycles. The van der Waals surface area contributed by atoms with E-state index in [2.05, 4.69) is 20.2 Å². The number of hydrogen-bond donors (Lipinski definition) is 1. The van der Waals surface area contributed by atoms with Crippen LogP contribution in [0.5, 0.6) is 0 Å². The lowest BCUT2D eigenvalue weighted by Gasteiger charge is -2.10. The van der Waals surface area contributed by atoms with E-state index in [1.807, 2.05) is 41.0 Å². The predicted molar refractivity (Wildman–Crippen MR) is 90.7 cm³/mol. The van der Waals surface area contributed by atoms with E-state index in [1.165, 1.54) is 0 Å². The van der Waals surface area contributed by atoms with Crippen LogP contribution in [0, 0.1) is 0 Å². The van der Waals surface area contributed by atoms with Crippen LogP contribution in [0.15, 0.2) is 49.1 Å². The summed E-state index contributed by atoms with van der Waals surface area (Å²) in [5.74, 6) is 0.742. The standard InChI is InChI=1S/C16H11Cl2N5/c17-12-2-1-3-13(18)11(12)7-23-9-21-22-16(23)10-4-5-14-15(6-10)20-8-19-14/h1-6,8-9H,7H2,(H,19,20). The Balaban J connectivity index is 1.76. The molecule has 23 heavy (non-hydrogen) atoms. The van der Waals surface area contributed by atoms with Crippen LogP contribution in [-0.4, -0.2) is 24.7 Å². The van der Waals surface area contributed by atoms with E-state index in [0.29, 0.717) is 16.6 Å². The first-order chi connectivity index (χ1) is 11.2. The Hall–Kier alpha value is -2.37. The lowest BCUT2D eigenvalue weighted by atomic mass is 10.1. The largest absolute Gasteiger partial charge is 0.345 e. The van der Waals surface area contributed by atoms with Crippen LogP contribution in [-0.2, 0) is 6.54 Å².